The van der Waals surface area contributed by atoms with E-state index >= 15 is 0 Å². The van der Waals surface area contributed by atoms with Crippen LogP contribution in [0.25, 0.3) is 0 Å². The minimum Gasteiger partial charge on any atom is -0.345 e. The Morgan fingerprint density at radius 3 is 2.60 bits per heavy atom. The summed E-state index contributed by atoms with van der Waals surface area (Å²) in [5.74, 6) is -0.778. The molecule has 0 aromatic heterocycles. The molecule has 1 aliphatic heterocycles. The van der Waals surface area contributed by atoms with Gasteiger partial charge >= 0.3 is 11.8 Å². The van der Waals surface area contributed by atoms with E-state index in [1.807, 2.05) is 11.8 Å². The fourth-order valence-corrected chi connectivity index (χ4v) is 3.63. The Kier molecular flexibility index (Phi) is 6.16. The van der Waals surface area contributed by atoms with Gasteiger partial charge in [-0.15, -0.1) is 0 Å². The van der Waals surface area contributed by atoms with Gasteiger partial charge in [0.25, 0.3) is 0 Å². The minimum atomic E-state index is -0.417. The molecule has 2 aliphatic rings. The Morgan fingerprint density at radius 2 is 1.90 bits per heavy atom. The molecule has 2 amide bonds. The Morgan fingerprint density at radius 1 is 1.15 bits per heavy atom. The van der Waals surface area contributed by atoms with Gasteiger partial charge < -0.3 is 15.5 Å². The number of nitrogens with zero attached hydrogens (tertiary/aromatic N) is 1. The van der Waals surface area contributed by atoms with Gasteiger partial charge in [-0.05, 0) is 44.9 Å². The molecule has 0 aromatic carbocycles. The number of thioether (sulfide) groups is 1. The molecule has 114 valence electrons. The number of nitrogens with one attached hydrogen (secondary N) is 2. The van der Waals surface area contributed by atoms with Crippen LogP contribution >= 0.6 is 11.8 Å². The van der Waals surface area contributed by atoms with E-state index in [9.17, 15) is 9.59 Å². The first kappa shape index (κ1) is 15.6. The average molecular weight is 299 g/mol. The van der Waals surface area contributed by atoms with E-state index in [-0.39, 0.29) is 11.9 Å². The lowest BCUT2D eigenvalue weighted by atomic mass is 9.95. The lowest BCUT2D eigenvalue weighted by Crippen LogP contribution is -2.48. The number of amides is 2. The Hall–Kier alpha value is -0.750. The molecule has 2 N–H and O–H groups in total. The van der Waals surface area contributed by atoms with Crippen LogP contribution in [0.4, 0.5) is 0 Å². The van der Waals surface area contributed by atoms with Gasteiger partial charge in [-0.2, -0.15) is 11.8 Å². The summed E-state index contributed by atoms with van der Waals surface area (Å²) in [4.78, 5) is 25.8. The molecule has 0 spiro atoms. The van der Waals surface area contributed by atoms with Crippen molar-refractivity contribution in [1.82, 2.24) is 15.5 Å². The zero-order chi connectivity index (χ0) is 14.4. The minimum absolute atomic E-state index is 0.181. The maximum Gasteiger partial charge on any atom is 0.311 e. The van der Waals surface area contributed by atoms with Crippen molar-refractivity contribution in [2.24, 2.45) is 0 Å². The van der Waals surface area contributed by atoms with Crippen LogP contribution < -0.4 is 10.6 Å². The summed E-state index contributed by atoms with van der Waals surface area (Å²) < 4.78 is 0. The second kappa shape index (κ2) is 7.88. The maximum atomic E-state index is 12.1. The lowest BCUT2D eigenvalue weighted by molar-refractivity contribution is -0.146. The third-order valence-electron chi connectivity index (χ3n) is 4.16. The second-order valence-electron chi connectivity index (χ2n) is 5.58. The van der Waals surface area contributed by atoms with Crippen molar-refractivity contribution in [2.45, 2.75) is 43.4 Å². The van der Waals surface area contributed by atoms with Gasteiger partial charge in [0, 0.05) is 30.9 Å². The summed E-state index contributed by atoms with van der Waals surface area (Å²) >= 11 is 1.90. The first-order valence-corrected chi connectivity index (χ1v) is 8.82. The van der Waals surface area contributed by atoms with Gasteiger partial charge in [0.2, 0.25) is 0 Å². The normalized spacial score (nSPS) is 27.8. The molecule has 0 aromatic rings. The molecule has 1 aliphatic carbocycles. The largest absolute Gasteiger partial charge is 0.345 e. The van der Waals surface area contributed by atoms with Crippen molar-refractivity contribution >= 4 is 23.6 Å². The first-order valence-electron chi connectivity index (χ1n) is 7.54. The monoisotopic (exact) mass is 299 g/mol. The summed E-state index contributed by atoms with van der Waals surface area (Å²) in [6, 6.07) is 0.181. The van der Waals surface area contributed by atoms with E-state index in [0.717, 1.165) is 50.4 Å². The van der Waals surface area contributed by atoms with Gasteiger partial charge in [-0.3, -0.25) is 9.59 Å². The second-order valence-corrected chi connectivity index (χ2v) is 6.72. The fraction of sp³-hybridized carbons (Fsp3) is 0.857. The molecule has 0 unspecified atom stereocenters. The lowest BCUT2D eigenvalue weighted by Gasteiger charge is -2.28. The van der Waals surface area contributed by atoms with Gasteiger partial charge in [-0.25, -0.2) is 0 Å². The summed E-state index contributed by atoms with van der Waals surface area (Å²) in [5.41, 5.74) is 0. The van der Waals surface area contributed by atoms with Crippen LogP contribution in [0.15, 0.2) is 0 Å². The maximum absolute atomic E-state index is 12.1. The van der Waals surface area contributed by atoms with Crippen LogP contribution in [-0.2, 0) is 9.59 Å². The summed E-state index contributed by atoms with van der Waals surface area (Å²) in [6.45, 7) is 3.01. The predicted octanol–water partition coefficient (Wildman–Crippen LogP) is 0.599. The molecule has 6 heteroatoms. The molecule has 0 atom stereocenters. The SMILES string of the molecule is CSC1CCC(NC(=O)C(=O)N2CCCNCC2)CC1. The van der Waals surface area contributed by atoms with Gasteiger partial charge in [0.1, 0.15) is 0 Å². The average Bonchev–Trinajstić information content (AvgIpc) is 2.76. The van der Waals surface area contributed by atoms with Crippen molar-refractivity contribution in [2.75, 3.05) is 32.4 Å². The topological polar surface area (TPSA) is 61.4 Å². The third kappa shape index (κ3) is 4.38. The zero-order valence-corrected chi connectivity index (χ0v) is 13.0. The molecule has 0 radical (unpaired) electrons. The van der Waals surface area contributed by atoms with Crippen LogP contribution in [0, 0.1) is 0 Å². The molecule has 1 heterocycles. The molecule has 1 saturated carbocycles. The molecular weight excluding hydrogens is 274 g/mol. The van der Waals surface area contributed by atoms with Gasteiger partial charge in [0.15, 0.2) is 0 Å². The van der Waals surface area contributed by atoms with Crippen molar-refractivity contribution in [3.63, 3.8) is 0 Å². The Balaban J connectivity index is 1.77. The van der Waals surface area contributed by atoms with Crippen molar-refractivity contribution in [3.8, 4) is 0 Å². The van der Waals surface area contributed by atoms with E-state index in [1.165, 1.54) is 0 Å². The number of carbonyl (C=O) groups excluding carboxylic acids is 2. The van der Waals surface area contributed by atoms with E-state index in [2.05, 4.69) is 16.9 Å². The predicted molar refractivity (Wildman–Crippen MR) is 81.8 cm³/mol. The fourth-order valence-electron chi connectivity index (χ4n) is 2.88. The van der Waals surface area contributed by atoms with Crippen LogP contribution in [0.5, 0.6) is 0 Å². The molecule has 2 fully saturated rings. The Bertz CT molecular complexity index is 335. The summed E-state index contributed by atoms with van der Waals surface area (Å²) in [5, 5.41) is 6.88. The highest BCUT2D eigenvalue weighted by Gasteiger charge is 2.27. The van der Waals surface area contributed by atoms with E-state index < -0.39 is 5.91 Å². The number of carbonyl (C=O) groups is 2. The highest BCUT2D eigenvalue weighted by Crippen LogP contribution is 2.26. The highest BCUT2D eigenvalue weighted by molar-refractivity contribution is 7.99. The number of hydrogen-bond acceptors (Lipinski definition) is 4. The molecule has 0 bridgehead atoms. The molecule has 2 rings (SSSR count). The zero-order valence-electron chi connectivity index (χ0n) is 12.2. The van der Waals surface area contributed by atoms with E-state index in [0.29, 0.717) is 13.1 Å². The van der Waals surface area contributed by atoms with Crippen molar-refractivity contribution < 1.29 is 9.59 Å². The van der Waals surface area contributed by atoms with Crippen LogP contribution in [0.3, 0.4) is 0 Å². The standard InChI is InChI=1S/C14H25N3O2S/c1-20-12-5-3-11(4-6-12)16-13(18)14(19)17-9-2-7-15-8-10-17/h11-12,15H,2-10H2,1H3,(H,16,18). The summed E-state index contributed by atoms with van der Waals surface area (Å²) in [7, 11) is 0. The van der Waals surface area contributed by atoms with E-state index in [1.54, 1.807) is 4.90 Å². The molecule has 5 nitrogen and oxygen atoms in total. The van der Waals surface area contributed by atoms with Crippen LogP contribution in [0.1, 0.15) is 32.1 Å². The van der Waals surface area contributed by atoms with E-state index in [4.69, 9.17) is 0 Å². The quantitative estimate of drug-likeness (QED) is 0.733. The smallest absolute Gasteiger partial charge is 0.311 e. The molecule has 20 heavy (non-hydrogen) atoms. The van der Waals surface area contributed by atoms with Crippen molar-refractivity contribution in [3.05, 3.63) is 0 Å². The Labute approximate surface area is 125 Å². The third-order valence-corrected chi connectivity index (χ3v) is 5.30. The molecule has 1 saturated heterocycles. The number of hydrogen-bond donors (Lipinski definition) is 2. The van der Waals surface area contributed by atoms with Crippen molar-refractivity contribution in [1.29, 1.82) is 0 Å². The van der Waals surface area contributed by atoms with Gasteiger partial charge in [0.05, 0.1) is 0 Å². The number of rotatable bonds is 2. The first-order chi connectivity index (χ1) is 9.70. The van der Waals surface area contributed by atoms with Crippen LogP contribution in [-0.4, -0.2) is 60.4 Å². The summed E-state index contributed by atoms with van der Waals surface area (Å²) in [6.07, 6.45) is 7.30. The molecular formula is C14H25N3O2S. The van der Waals surface area contributed by atoms with Crippen LogP contribution in [0.2, 0.25) is 0 Å². The van der Waals surface area contributed by atoms with Gasteiger partial charge in [-0.1, -0.05) is 0 Å². The highest BCUT2D eigenvalue weighted by atomic mass is 32.2.